The van der Waals surface area contributed by atoms with Crippen LogP contribution in [-0.4, -0.2) is 47.4 Å². The summed E-state index contributed by atoms with van der Waals surface area (Å²) in [6, 6.07) is 9.20. The molecule has 4 rings (SSSR count). The molecule has 10 heteroatoms. The van der Waals surface area contributed by atoms with Crippen molar-refractivity contribution >= 4 is 29.5 Å². The number of hydrogen-bond acceptors (Lipinski definition) is 5. The number of carboxylic acid groups (broad SMARTS) is 1. The largest absolute Gasteiger partial charge is 0.491 e. The van der Waals surface area contributed by atoms with Crippen molar-refractivity contribution in [3.63, 3.8) is 0 Å². The lowest BCUT2D eigenvalue weighted by atomic mass is 9.85. The summed E-state index contributed by atoms with van der Waals surface area (Å²) in [5, 5.41) is 14.4. The lowest BCUT2D eigenvalue weighted by molar-refractivity contribution is -0.138. The number of benzene rings is 2. The minimum Gasteiger partial charge on any atom is -0.491 e. The molecule has 0 atom stereocenters. The van der Waals surface area contributed by atoms with Crippen LogP contribution in [0.15, 0.2) is 36.4 Å². The van der Waals surface area contributed by atoms with Crippen molar-refractivity contribution in [3.05, 3.63) is 53.3 Å². The molecule has 0 radical (unpaired) electrons. The zero-order valence-corrected chi connectivity index (χ0v) is 20.8. The first kappa shape index (κ1) is 26.2. The predicted octanol–water partition coefficient (Wildman–Crippen LogP) is 5.40. The van der Waals surface area contributed by atoms with Crippen LogP contribution in [0.2, 0.25) is 0 Å². The molecule has 2 aliphatic rings. The number of carboxylic acids is 1. The number of aliphatic carboxylic acids is 1. The van der Waals surface area contributed by atoms with Crippen LogP contribution < -0.4 is 15.4 Å². The van der Waals surface area contributed by atoms with Crippen molar-refractivity contribution in [3.8, 4) is 5.75 Å². The predicted molar refractivity (Wildman–Crippen MR) is 135 cm³/mol. The Bertz CT molecular complexity index is 1150. The summed E-state index contributed by atoms with van der Waals surface area (Å²) in [7, 11) is 0. The minimum atomic E-state index is -0.782. The SMILES string of the molecule is CCOc1cc(NC(=O)Nc2ccc3c(c2)CCN(C(=O)O[C@H]2CC[C@H](CC(=O)O)CC2)C3)ccc1F. The summed E-state index contributed by atoms with van der Waals surface area (Å²) in [6.45, 7) is 2.99. The monoisotopic (exact) mass is 513 g/mol. The van der Waals surface area contributed by atoms with E-state index in [0.29, 0.717) is 50.3 Å². The first-order valence-corrected chi connectivity index (χ1v) is 12.6. The molecule has 198 valence electrons. The second-order valence-electron chi connectivity index (χ2n) is 9.44. The highest BCUT2D eigenvalue weighted by Crippen LogP contribution is 2.30. The third kappa shape index (κ3) is 7.12. The summed E-state index contributed by atoms with van der Waals surface area (Å²) in [6.07, 6.45) is 3.17. The Morgan fingerprint density at radius 3 is 2.43 bits per heavy atom. The smallest absolute Gasteiger partial charge is 0.410 e. The molecule has 3 amide bonds. The van der Waals surface area contributed by atoms with Gasteiger partial charge in [0, 0.05) is 37.0 Å². The second kappa shape index (κ2) is 11.9. The number of carbonyl (C=O) groups excluding carboxylic acids is 2. The number of rotatable bonds is 7. The van der Waals surface area contributed by atoms with Gasteiger partial charge in [-0.2, -0.15) is 0 Å². The van der Waals surface area contributed by atoms with E-state index in [4.69, 9.17) is 14.6 Å². The van der Waals surface area contributed by atoms with Gasteiger partial charge in [0.15, 0.2) is 11.6 Å². The molecule has 37 heavy (non-hydrogen) atoms. The third-order valence-corrected chi connectivity index (χ3v) is 6.75. The van der Waals surface area contributed by atoms with E-state index in [1.807, 2.05) is 12.1 Å². The van der Waals surface area contributed by atoms with Crippen molar-refractivity contribution in [2.75, 3.05) is 23.8 Å². The molecule has 1 aliphatic heterocycles. The van der Waals surface area contributed by atoms with Crippen LogP contribution in [0, 0.1) is 11.7 Å². The van der Waals surface area contributed by atoms with Crippen LogP contribution >= 0.6 is 0 Å². The quantitative estimate of drug-likeness (QED) is 0.457. The summed E-state index contributed by atoms with van der Waals surface area (Å²) < 4.78 is 24.7. The van der Waals surface area contributed by atoms with Gasteiger partial charge in [-0.15, -0.1) is 0 Å². The number of ether oxygens (including phenoxy) is 2. The molecular formula is C27H32FN3O6. The molecule has 2 aromatic carbocycles. The van der Waals surface area contributed by atoms with Gasteiger partial charge < -0.3 is 30.1 Å². The van der Waals surface area contributed by atoms with E-state index in [1.165, 1.54) is 18.2 Å². The van der Waals surface area contributed by atoms with Crippen molar-refractivity contribution in [2.24, 2.45) is 5.92 Å². The molecule has 0 saturated heterocycles. The summed E-state index contributed by atoms with van der Waals surface area (Å²) >= 11 is 0. The van der Waals surface area contributed by atoms with Gasteiger partial charge >= 0.3 is 18.1 Å². The van der Waals surface area contributed by atoms with Gasteiger partial charge in [-0.3, -0.25) is 4.79 Å². The molecule has 1 aliphatic carbocycles. The van der Waals surface area contributed by atoms with Crippen molar-refractivity contribution in [1.82, 2.24) is 4.90 Å². The highest BCUT2D eigenvalue weighted by Gasteiger charge is 2.28. The molecule has 1 heterocycles. The topological polar surface area (TPSA) is 117 Å². The van der Waals surface area contributed by atoms with Crippen molar-refractivity contribution < 1.29 is 33.4 Å². The molecule has 1 saturated carbocycles. The molecule has 3 N–H and O–H groups in total. The molecular weight excluding hydrogens is 481 g/mol. The lowest BCUT2D eigenvalue weighted by Crippen LogP contribution is -2.39. The summed E-state index contributed by atoms with van der Waals surface area (Å²) in [4.78, 5) is 37.7. The molecule has 0 spiro atoms. The Labute approximate surface area is 214 Å². The molecule has 0 unspecified atom stereocenters. The maximum Gasteiger partial charge on any atom is 0.410 e. The molecule has 0 bridgehead atoms. The normalized spacial score (nSPS) is 18.9. The Morgan fingerprint density at radius 2 is 1.73 bits per heavy atom. The highest BCUT2D eigenvalue weighted by molar-refractivity contribution is 5.99. The standard InChI is InChI=1S/C27H32FN3O6/c1-2-36-24-15-21(7-10-23(24)28)30-26(34)29-20-6-5-19-16-31(12-11-18(19)14-20)27(35)37-22-8-3-17(4-9-22)13-25(32)33/h5-7,10,14-15,17,22H,2-4,8-9,11-13,16H2,1H3,(H,32,33)(H2,29,30,34)/t17-,22-. The van der Waals surface area contributed by atoms with Crippen LogP contribution in [0.5, 0.6) is 5.75 Å². The van der Waals surface area contributed by atoms with Gasteiger partial charge in [0.2, 0.25) is 0 Å². The van der Waals surface area contributed by atoms with E-state index in [0.717, 1.165) is 24.0 Å². The number of hydrogen-bond donors (Lipinski definition) is 3. The van der Waals surface area contributed by atoms with Crippen LogP contribution in [0.3, 0.4) is 0 Å². The third-order valence-electron chi connectivity index (χ3n) is 6.75. The number of nitrogens with one attached hydrogen (secondary N) is 2. The number of anilines is 2. The number of halogens is 1. The van der Waals surface area contributed by atoms with Crippen LogP contribution in [-0.2, 0) is 22.5 Å². The number of amides is 3. The fourth-order valence-corrected chi connectivity index (χ4v) is 4.85. The summed E-state index contributed by atoms with van der Waals surface area (Å²) in [5.41, 5.74) is 3.04. The first-order chi connectivity index (χ1) is 17.8. The molecule has 2 aromatic rings. The Morgan fingerprint density at radius 1 is 1.03 bits per heavy atom. The van der Waals surface area contributed by atoms with E-state index in [-0.39, 0.29) is 30.3 Å². The average molecular weight is 514 g/mol. The van der Waals surface area contributed by atoms with E-state index in [9.17, 15) is 18.8 Å². The van der Waals surface area contributed by atoms with Crippen molar-refractivity contribution in [2.45, 2.75) is 58.1 Å². The summed E-state index contributed by atoms with van der Waals surface area (Å²) in [5.74, 6) is -1.05. The van der Waals surface area contributed by atoms with Crippen LogP contribution in [0.1, 0.15) is 50.2 Å². The molecule has 9 nitrogen and oxygen atoms in total. The highest BCUT2D eigenvalue weighted by atomic mass is 19.1. The minimum absolute atomic E-state index is 0.0722. The number of nitrogens with zero attached hydrogens (tertiary/aromatic N) is 1. The maximum absolute atomic E-state index is 13.7. The number of urea groups is 1. The lowest BCUT2D eigenvalue weighted by Gasteiger charge is -2.32. The van der Waals surface area contributed by atoms with Gasteiger partial charge in [-0.1, -0.05) is 6.07 Å². The fourth-order valence-electron chi connectivity index (χ4n) is 4.85. The van der Waals surface area contributed by atoms with Gasteiger partial charge in [0.05, 0.1) is 6.61 Å². The Hall–Kier alpha value is -3.82. The van der Waals surface area contributed by atoms with Crippen LogP contribution in [0.4, 0.5) is 25.4 Å². The molecule has 1 fully saturated rings. The number of fused-ring (bicyclic) bond motifs is 1. The zero-order chi connectivity index (χ0) is 26.4. The van der Waals surface area contributed by atoms with Gasteiger partial charge in [-0.05, 0) is 80.3 Å². The van der Waals surface area contributed by atoms with Gasteiger partial charge in [0.25, 0.3) is 0 Å². The van der Waals surface area contributed by atoms with E-state index in [1.54, 1.807) is 17.9 Å². The number of carbonyl (C=O) groups is 3. The Kier molecular flexibility index (Phi) is 8.47. The van der Waals surface area contributed by atoms with Gasteiger partial charge in [-0.25, -0.2) is 14.0 Å². The van der Waals surface area contributed by atoms with Crippen molar-refractivity contribution in [1.29, 1.82) is 0 Å². The maximum atomic E-state index is 13.7. The van der Waals surface area contributed by atoms with E-state index >= 15 is 0 Å². The Balaban J connectivity index is 1.28. The van der Waals surface area contributed by atoms with Gasteiger partial charge in [0.1, 0.15) is 6.10 Å². The second-order valence-corrected chi connectivity index (χ2v) is 9.44. The van der Waals surface area contributed by atoms with Crippen LogP contribution in [0.25, 0.3) is 0 Å². The van der Waals surface area contributed by atoms with E-state index in [2.05, 4.69) is 10.6 Å². The van der Waals surface area contributed by atoms with E-state index < -0.39 is 17.8 Å². The molecule has 0 aromatic heterocycles. The fraction of sp³-hybridized carbons (Fsp3) is 0.444. The zero-order valence-electron chi connectivity index (χ0n) is 20.8. The first-order valence-electron chi connectivity index (χ1n) is 12.6. The average Bonchev–Trinajstić information content (AvgIpc) is 2.86.